The van der Waals surface area contributed by atoms with Crippen LogP contribution >= 0.6 is 11.3 Å². The first-order chi connectivity index (χ1) is 19.3. The number of Topliss-reactive ketones (excluding diaryl/α,β-unsaturated/α-hetero) is 1. The highest BCUT2D eigenvalue weighted by Crippen LogP contribution is 2.45. The van der Waals surface area contributed by atoms with Gasteiger partial charge < -0.3 is 14.6 Å². The maximum absolute atomic E-state index is 13.9. The van der Waals surface area contributed by atoms with Crippen molar-refractivity contribution >= 4 is 44.1 Å². The summed E-state index contributed by atoms with van der Waals surface area (Å²) in [4.78, 5) is 32.8. The van der Waals surface area contributed by atoms with Crippen LogP contribution in [0.15, 0.2) is 72.3 Å². The molecule has 4 aromatic rings. The maximum atomic E-state index is 13.9. The van der Waals surface area contributed by atoms with Gasteiger partial charge in [-0.2, -0.15) is 0 Å². The van der Waals surface area contributed by atoms with Crippen LogP contribution in [0.25, 0.3) is 16.0 Å². The fourth-order valence-corrected chi connectivity index (χ4v) is 5.57. The van der Waals surface area contributed by atoms with Gasteiger partial charge in [-0.25, -0.2) is 9.37 Å². The van der Waals surface area contributed by atoms with Crippen LogP contribution in [0, 0.1) is 11.7 Å². The molecule has 0 saturated carbocycles. The van der Waals surface area contributed by atoms with Crippen molar-refractivity contribution in [3.05, 3.63) is 89.2 Å². The van der Waals surface area contributed by atoms with Crippen LogP contribution in [0.5, 0.6) is 11.5 Å². The predicted octanol–water partition coefficient (Wildman–Crippen LogP) is 6.89. The summed E-state index contributed by atoms with van der Waals surface area (Å²) in [5.74, 6) is -0.750. The first kappa shape index (κ1) is 27.3. The first-order valence-corrected chi connectivity index (χ1v) is 13.9. The third kappa shape index (κ3) is 5.42. The number of hydrogen-bond donors (Lipinski definition) is 1. The second kappa shape index (κ2) is 11.5. The molecular weight excluding hydrogens is 531 g/mol. The van der Waals surface area contributed by atoms with Crippen molar-refractivity contribution in [1.82, 2.24) is 4.98 Å². The van der Waals surface area contributed by atoms with Gasteiger partial charge in [0.25, 0.3) is 5.78 Å². The number of halogens is 1. The van der Waals surface area contributed by atoms with Gasteiger partial charge in [-0.3, -0.25) is 14.5 Å². The van der Waals surface area contributed by atoms with E-state index in [0.717, 1.165) is 17.8 Å². The van der Waals surface area contributed by atoms with E-state index in [4.69, 9.17) is 9.47 Å². The summed E-state index contributed by atoms with van der Waals surface area (Å²) < 4.78 is 25.9. The predicted molar refractivity (Wildman–Crippen MR) is 153 cm³/mol. The SMILES string of the molecule is CCOc1ccc(/C(O)=C2\C(=O)C(=O)N(c3nc4ccc(F)cc4s3)C2c2cccc(OCCC(C)C)c2)cc1. The molecule has 40 heavy (non-hydrogen) atoms. The van der Waals surface area contributed by atoms with E-state index in [1.54, 1.807) is 42.5 Å². The van der Waals surface area contributed by atoms with Crippen LogP contribution in [-0.4, -0.2) is 35.0 Å². The molecule has 0 bridgehead atoms. The molecule has 1 aliphatic heterocycles. The van der Waals surface area contributed by atoms with Crippen LogP contribution in [0.4, 0.5) is 9.52 Å². The summed E-state index contributed by atoms with van der Waals surface area (Å²) in [6.45, 7) is 7.08. The van der Waals surface area contributed by atoms with Crippen LogP contribution in [-0.2, 0) is 9.59 Å². The van der Waals surface area contributed by atoms with Gasteiger partial charge in [0.1, 0.15) is 23.1 Å². The Kier molecular flexibility index (Phi) is 7.84. The Morgan fingerprint density at radius 2 is 1.82 bits per heavy atom. The molecule has 206 valence electrons. The lowest BCUT2D eigenvalue weighted by molar-refractivity contribution is -0.132. The van der Waals surface area contributed by atoms with Crippen molar-refractivity contribution in [3.63, 3.8) is 0 Å². The van der Waals surface area contributed by atoms with Crippen molar-refractivity contribution in [2.45, 2.75) is 33.2 Å². The van der Waals surface area contributed by atoms with E-state index in [0.29, 0.717) is 52.0 Å². The fraction of sp³-hybridized carbons (Fsp3) is 0.258. The number of carbonyl (C=O) groups excluding carboxylic acids is 2. The number of fused-ring (bicyclic) bond motifs is 1. The Morgan fingerprint density at radius 3 is 2.55 bits per heavy atom. The van der Waals surface area contributed by atoms with Crippen LogP contribution < -0.4 is 14.4 Å². The summed E-state index contributed by atoms with van der Waals surface area (Å²) in [5, 5.41) is 11.6. The average Bonchev–Trinajstić information content (AvgIpc) is 3.46. The lowest BCUT2D eigenvalue weighted by atomic mass is 9.95. The Balaban J connectivity index is 1.63. The summed E-state index contributed by atoms with van der Waals surface area (Å²) in [7, 11) is 0. The number of ketones is 1. The molecule has 1 unspecified atom stereocenters. The fourth-order valence-electron chi connectivity index (χ4n) is 4.55. The normalized spacial score (nSPS) is 16.7. The minimum Gasteiger partial charge on any atom is -0.507 e. The first-order valence-electron chi connectivity index (χ1n) is 13.1. The van der Waals surface area contributed by atoms with Gasteiger partial charge in [0.15, 0.2) is 5.13 Å². The number of amides is 1. The van der Waals surface area contributed by atoms with Crippen LogP contribution in [0.2, 0.25) is 0 Å². The number of ether oxygens (including phenoxy) is 2. The second-order valence-corrected chi connectivity index (χ2v) is 10.8. The molecule has 0 spiro atoms. The van der Waals surface area contributed by atoms with Gasteiger partial charge in [-0.15, -0.1) is 0 Å². The molecule has 1 aromatic heterocycles. The number of benzene rings is 3. The standard InChI is InChI=1S/C31H29FN2O5S/c1-4-38-22-11-8-19(9-12-22)28(35)26-27(20-6-5-7-23(16-20)39-15-14-18(2)3)34(30(37)29(26)36)31-33-24-13-10-21(32)17-25(24)40-31/h5-13,16-18,27,35H,4,14-15H2,1-3H3/b28-26+. The number of carbonyl (C=O) groups is 2. The zero-order chi connectivity index (χ0) is 28.4. The van der Waals surface area contributed by atoms with Gasteiger partial charge in [0.2, 0.25) is 0 Å². The van der Waals surface area contributed by atoms with E-state index in [-0.39, 0.29) is 16.5 Å². The zero-order valence-electron chi connectivity index (χ0n) is 22.4. The van der Waals surface area contributed by atoms with Crippen LogP contribution in [0.1, 0.15) is 44.4 Å². The number of thiazole rings is 1. The molecule has 1 saturated heterocycles. The summed E-state index contributed by atoms with van der Waals surface area (Å²) in [6.07, 6.45) is 0.864. The third-order valence-corrected chi connectivity index (χ3v) is 7.58. The summed E-state index contributed by atoms with van der Waals surface area (Å²) in [5.41, 5.74) is 1.36. The molecule has 0 radical (unpaired) electrons. The number of nitrogens with zero attached hydrogens (tertiary/aromatic N) is 2. The summed E-state index contributed by atoms with van der Waals surface area (Å²) in [6, 6.07) is 17.0. The van der Waals surface area contributed by atoms with E-state index in [1.165, 1.54) is 23.1 Å². The molecule has 1 amide bonds. The monoisotopic (exact) mass is 560 g/mol. The van der Waals surface area contributed by atoms with Gasteiger partial charge in [-0.05, 0) is 79.4 Å². The zero-order valence-corrected chi connectivity index (χ0v) is 23.2. The average molecular weight is 561 g/mol. The molecule has 0 aliphatic carbocycles. The molecule has 1 fully saturated rings. The Hall–Kier alpha value is -4.24. The quantitative estimate of drug-likeness (QED) is 0.136. The number of rotatable bonds is 9. The van der Waals surface area contributed by atoms with Gasteiger partial charge in [0.05, 0.1) is 35.0 Å². The smallest absolute Gasteiger partial charge is 0.301 e. The highest BCUT2D eigenvalue weighted by atomic mass is 32.1. The van der Waals surface area contributed by atoms with Gasteiger partial charge in [0, 0.05) is 5.56 Å². The van der Waals surface area contributed by atoms with Crippen molar-refractivity contribution in [1.29, 1.82) is 0 Å². The number of anilines is 1. The van der Waals surface area contributed by atoms with Gasteiger partial charge >= 0.3 is 5.91 Å². The minimum atomic E-state index is -0.981. The number of aromatic nitrogens is 1. The lowest BCUT2D eigenvalue weighted by Crippen LogP contribution is -2.29. The van der Waals surface area contributed by atoms with E-state index in [2.05, 4.69) is 18.8 Å². The number of hydrogen-bond acceptors (Lipinski definition) is 7. The molecule has 1 atom stereocenters. The molecule has 1 aliphatic rings. The molecule has 1 N–H and O–H groups in total. The van der Waals surface area contributed by atoms with Crippen molar-refractivity contribution < 1.29 is 28.6 Å². The third-order valence-electron chi connectivity index (χ3n) is 6.57. The second-order valence-electron chi connectivity index (χ2n) is 9.84. The van der Waals surface area contributed by atoms with Crippen LogP contribution in [0.3, 0.4) is 0 Å². The highest BCUT2D eigenvalue weighted by molar-refractivity contribution is 7.22. The molecule has 3 aromatic carbocycles. The molecular formula is C31H29FN2O5S. The van der Waals surface area contributed by atoms with Crippen molar-refractivity contribution in [2.24, 2.45) is 5.92 Å². The Labute approximate surface area is 235 Å². The maximum Gasteiger partial charge on any atom is 0.301 e. The topological polar surface area (TPSA) is 89.0 Å². The highest BCUT2D eigenvalue weighted by Gasteiger charge is 2.48. The molecule has 9 heteroatoms. The molecule has 2 heterocycles. The van der Waals surface area contributed by atoms with E-state index in [9.17, 15) is 19.1 Å². The minimum absolute atomic E-state index is 0.0704. The molecule has 7 nitrogen and oxygen atoms in total. The van der Waals surface area contributed by atoms with E-state index < -0.39 is 23.5 Å². The summed E-state index contributed by atoms with van der Waals surface area (Å²) >= 11 is 1.10. The van der Waals surface area contributed by atoms with E-state index >= 15 is 0 Å². The Bertz CT molecular complexity index is 1600. The number of aliphatic hydroxyl groups excluding tert-OH is 1. The van der Waals surface area contributed by atoms with Crippen molar-refractivity contribution in [3.8, 4) is 11.5 Å². The molecule has 5 rings (SSSR count). The largest absolute Gasteiger partial charge is 0.507 e. The number of aliphatic hydroxyl groups is 1. The lowest BCUT2D eigenvalue weighted by Gasteiger charge is -2.23. The van der Waals surface area contributed by atoms with Gasteiger partial charge in [-0.1, -0.05) is 37.3 Å². The van der Waals surface area contributed by atoms with E-state index in [1.807, 2.05) is 13.0 Å². The van der Waals surface area contributed by atoms with Crippen molar-refractivity contribution in [2.75, 3.05) is 18.1 Å². The Morgan fingerprint density at radius 1 is 1.05 bits per heavy atom.